The van der Waals surface area contributed by atoms with E-state index < -0.39 is 5.97 Å². The first-order valence-electron chi connectivity index (χ1n) is 8.28. The van der Waals surface area contributed by atoms with Gasteiger partial charge in [0.25, 0.3) is 0 Å². The summed E-state index contributed by atoms with van der Waals surface area (Å²) in [5.41, 5.74) is 2.14. The lowest BCUT2D eigenvalue weighted by Gasteiger charge is -2.30. The van der Waals surface area contributed by atoms with Gasteiger partial charge in [0.1, 0.15) is 5.82 Å². The molecule has 5 nitrogen and oxygen atoms in total. The second-order valence-electron chi connectivity index (χ2n) is 6.11. The van der Waals surface area contributed by atoms with Crippen molar-refractivity contribution >= 4 is 11.8 Å². The zero-order valence-corrected chi connectivity index (χ0v) is 13.7. The molecule has 0 aliphatic carbocycles. The summed E-state index contributed by atoms with van der Waals surface area (Å²) in [6, 6.07) is 11.8. The number of anilines is 1. The van der Waals surface area contributed by atoms with Crippen LogP contribution in [0.1, 0.15) is 46.9 Å². The highest BCUT2D eigenvalue weighted by Crippen LogP contribution is 2.31. The quantitative estimate of drug-likeness (QED) is 0.874. The lowest BCUT2D eigenvalue weighted by Crippen LogP contribution is -2.29. The van der Waals surface area contributed by atoms with E-state index in [1.165, 1.54) is 17.8 Å². The molecule has 0 spiro atoms. The fraction of sp³-hybridized carbons (Fsp3) is 0.368. The second-order valence-corrected chi connectivity index (χ2v) is 6.11. The Morgan fingerprint density at radius 2 is 2.08 bits per heavy atom. The third kappa shape index (κ3) is 3.74. The lowest BCUT2D eigenvalue weighted by atomic mass is 9.98. The number of rotatable bonds is 5. The van der Waals surface area contributed by atoms with Crippen molar-refractivity contribution in [3.8, 4) is 0 Å². The largest absolute Gasteiger partial charge is 0.478 e. The fourth-order valence-corrected chi connectivity index (χ4v) is 3.12. The number of nitrogens with one attached hydrogen (secondary N) is 1. The molecule has 1 aromatic heterocycles. The van der Waals surface area contributed by atoms with Crippen LogP contribution in [0.3, 0.4) is 0 Å². The molecule has 1 fully saturated rings. The van der Waals surface area contributed by atoms with Gasteiger partial charge in [0.05, 0.1) is 17.8 Å². The summed E-state index contributed by atoms with van der Waals surface area (Å²) in [4.78, 5) is 15.5. The third-order valence-electron chi connectivity index (χ3n) is 4.45. The molecule has 2 unspecified atom stereocenters. The van der Waals surface area contributed by atoms with Gasteiger partial charge >= 0.3 is 5.97 Å². The van der Waals surface area contributed by atoms with Crippen LogP contribution in [0.4, 0.5) is 5.82 Å². The molecular weight excluding hydrogens is 304 g/mol. The first-order valence-corrected chi connectivity index (χ1v) is 8.28. The predicted octanol–water partition coefficient (Wildman–Crippen LogP) is 3.81. The van der Waals surface area contributed by atoms with Crippen LogP contribution in [0, 0.1) is 6.92 Å². The van der Waals surface area contributed by atoms with Crippen LogP contribution in [-0.2, 0) is 4.74 Å². The van der Waals surface area contributed by atoms with Gasteiger partial charge in [-0.05, 0) is 37.8 Å². The Kier molecular flexibility index (Phi) is 5.11. The fourth-order valence-electron chi connectivity index (χ4n) is 3.12. The second kappa shape index (κ2) is 7.45. The molecular formula is C19H22N2O3. The molecule has 0 amide bonds. The van der Waals surface area contributed by atoms with Crippen molar-refractivity contribution in [3.63, 3.8) is 0 Å². The molecule has 1 saturated heterocycles. The highest BCUT2D eigenvalue weighted by Gasteiger charge is 2.23. The molecule has 2 heterocycles. The van der Waals surface area contributed by atoms with Crippen molar-refractivity contribution < 1.29 is 14.6 Å². The Bertz CT molecular complexity index is 703. The monoisotopic (exact) mass is 326 g/mol. The Morgan fingerprint density at radius 3 is 2.83 bits per heavy atom. The average molecular weight is 326 g/mol. The number of pyridine rings is 1. The van der Waals surface area contributed by atoms with E-state index in [0.717, 1.165) is 19.3 Å². The molecule has 0 bridgehead atoms. The number of hydrogen-bond acceptors (Lipinski definition) is 4. The van der Waals surface area contributed by atoms with E-state index in [4.69, 9.17) is 4.74 Å². The highest BCUT2D eigenvalue weighted by atomic mass is 16.5. The molecule has 5 heteroatoms. The molecule has 1 aliphatic rings. The number of carboxylic acid groups (broad SMARTS) is 1. The Hall–Kier alpha value is -2.40. The molecule has 0 radical (unpaired) electrons. The minimum atomic E-state index is -0.934. The summed E-state index contributed by atoms with van der Waals surface area (Å²) in [6.45, 7) is 2.40. The summed E-state index contributed by atoms with van der Waals surface area (Å²) in [6.07, 6.45) is 4.89. The smallest absolute Gasteiger partial charge is 0.336 e. The van der Waals surface area contributed by atoms with Crippen molar-refractivity contribution in [3.05, 3.63) is 59.3 Å². The van der Waals surface area contributed by atoms with Gasteiger partial charge in [0.2, 0.25) is 0 Å². The molecule has 2 N–H and O–H groups in total. The maximum Gasteiger partial charge on any atom is 0.336 e. The number of aromatic nitrogens is 1. The number of carbonyl (C=O) groups is 1. The van der Waals surface area contributed by atoms with Crippen LogP contribution in [0.5, 0.6) is 0 Å². The lowest BCUT2D eigenvalue weighted by molar-refractivity contribution is -0.0442. The minimum absolute atomic E-state index is 0.0960. The van der Waals surface area contributed by atoms with E-state index in [2.05, 4.69) is 22.4 Å². The van der Waals surface area contributed by atoms with Crippen molar-refractivity contribution in [1.29, 1.82) is 0 Å². The molecule has 1 aromatic carbocycles. The average Bonchev–Trinajstić information content (AvgIpc) is 2.61. The number of aromatic carboxylic acids is 1. The summed E-state index contributed by atoms with van der Waals surface area (Å²) in [5.74, 6) is -0.323. The van der Waals surface area contributed by atoms with Gasteiger partial charge in [-0.2, -0.15) is 0 Å². The summed E-state index contributed by atoms with van der Waals surface area (Å²) < 4.78 is 6.21. The van der Waals surface area contributed by atoms with Crippen LogP contribution in [0.25, 0.3) is 0 Å². The van der Waals surface area contributed by atoms with Crippen molar-refractivity contribution in [2.75, 3.05) is 11.9 Å². The Morgan fingerprint density at radius 1 is 1.29 bits per heavy atom. The van der Waals surface area contributed by atoms with E-state index in [0.29, 0.717) is 17.9 Å². The van der Waals surface area contributed by atoms with Crippen LogP contribution in [-0.4, -0.2) is 28.7 Å². The van der Waals surface area contributed by atoms with Crippen molar-refractivity contribution in [2.24, 2.45) is 0 Å². The standard InChI is InChI=1S/C19H22N2O3/c1-13-16(19(22)23)10-11-20-18(13)21-12-15-8-5-9-17(24-15)14-6-3-2-4-7-14/h2-4,6-7,10-11,15,17H,5,8-9,12H2,1H3,(H,20,21)(H,22,23). The number of benzene rings is 1. The van der Waals surface area contributed by atoms with E-state index in [1.54, 1.807) is 6.92 Å². The maximum absolute atomic E-state index is 11.2. The molecule has 0 saturated carbocycles. The first kappa shape index (κ1) is 16.5. The van der Waals surface area contributed by atoms with Crippen molar-refractivity contribution in [2.45, 2.75) is 38.4 Å². The number of carboxylic acids is 1. The van der Waals surface area contributed by atoms with Gasteiger partial charge in [0.15, 0.2) is 0 Å². The summed E-state index contributed by atoms with van der Waals surface area (Å²) in [5, 5.41) is 12.4. The zero-order valence-electron chi connectivity index (χ0n) is 13.7. The SMILES string of the molecule is Cc1c(C(=O)O)ccnc1NCC1CCCC(c2ccccc2)O1. The molecule has 3 rings (SSSR count). The molecule has 24 heavy (non-hydrogen) atoms. The summed E-state index contributed by atoms with van der Waals surface area (Å²) >= 11 is 0. The minimum Gasteiger partial charge on any atom is -0.478 e. The number of hydrogen-bond donors (Lipinski definition) is 2. The van der Waals surface area contributed by atoms with Crippen LogP contribution in [0.2, 0.25) is 0 Å². The van der Waals surface area contributed by atoms with E-state index in [9.17, 15) is 9.90 Å². The van der Waals surface area contributed by atoms with Gasteiger partial charge in [-0.25, -0.2) is 9.78 Å². The van der Waals surface area contributed by atoms with E-state index >= 15 is 0 Å². The Labute approximate surface area is 141 Å². The van der Waals surface area contributed by atoms with Gasteiger partial charge in [-0.15, -0.1) is 0 Å². The topological polar surface area (TPSA) is 71.5 Å². The maximum atomic E-state index is 11.2. The van der Waals surface area contributed by atoms with Gasteiger partial charge in [-0.1, -0.05) is 30.3 Å². The van der Waals surface area contributed by atoms with E-state index in [-0.39, 0.29) is 17.8 Å². The van der Waals surface area contributed by atoms with Crippen LogP contribution in [0.15, 0.2) is 42.6 Å². The molecule has 126 valence electrons. The Balaban J connectivity index is 1.63. The predicted molar refractivity (Wildman–Crippen MR) is 92.3 cm³/mol. The number of nitrogens with zero attached hydrogens (tertiary/aromatic N) is 1. The van der Waals surface area contributed by atoms with Gasteiger partial charge < -0.3 is 15.2 Å². The molecule has 2 atom stereocenters. The van der Waals surface area contributed by atoms with Crippen LogP contribution < -0.4 is 5.32 Å². The van der Waals surface area contributed by atoms with E-state index in [1.807, 2.05) is 18.2 Å². The first-order chi connectivity index (χ1) is 11.6. The number of ether oxygens (including phenoxy) is 1. The zero-order chi connectivity index (χ0) is 16.9. The molecule has 1 aliphatic heterocycles. The van der Waals surface area contributed by atoms with Crippen LogP contribution >= 0.6 is 0 Å². The third-order valence-corrected chi connectivity index (χ3v) is 4.45. The summed E-state index contributed by atoms with van der Waals surface area (Å²) in [7, 11) is 0. The van der Waals surface area contributed by atoms with Gasteiger partial charge in [-0.3, -0.25) is 0 Å². The molecule has 2 aromatic rings. The van der Waals surface area contributed by atoms with Crippen molar-refractivity contribution in [1.82, 2.24) is 4.98 Å². The highest BCUT2D eigenvalue weighted by molar-refractivity contribution is 5.90. The van der Waals surface area contributed by atoms with Gasteiger partial charge in [0, 0.05) is 18.3 Å². The normalized spacial score (nSPS) is 20.5.